The SMILES string of the molecule is CCCCCCCCC/C=C\CCCCCCCC(=O)NC(COC1OC(CO)C(O)C(O)C1O)C(O)/C=C/CC/C=C/CCCCCCCCCCCCCCCCCCCCCCCCCCCCC. The molecule has 1 rings (SSSR count). The first-order chi connectivity index (χ1) is 35.3. The Kier molecular flexibility index (Phi) is 50.2. The van der Waals surface area contributed by atoms with Crippen LogP contribution in [0.4, 0.5) is 0 Å². The van der Waals surface area contributed by atoms with Crippen molar-refractivity contribution in [3.05, 3.63) is 36.5 Å². The van der Waals surface area contributed by atoms with E-state index in [1.807, 2.05) is 6.08 Å². The van der Waals surface area contributed by atoms with Gasteiger partial charge < -0.3 is 40.3 Å². The molecule has 9 nitrogen and oxygen atoms in total. The molecule has 0 bridgehead atoms. The van der Waals surface area contributed by atoms with Gasteiger partial charge in [-0.2, -0.15) is 0 Å². The number of aliphatic hydroxyl groups excluding tert-OH is 5. The summed E-state index contributed by atoms with van der Waals surface area (Å²) < 4.78 is 11.3. The quantitative estimate of drug-likeness (QED) is 0.0261. The van der Waals surface area contributed by atoms with Crippen LogP contribution in [0.5, 0.6) is 0 Å². The van der Waals surface area contributed by atoms with Crippen molar-refractivity contribution in [2.45, 2.75) is 346 Å². The Balaban J connectivity index is 2.16. The molecule has 424 valence electrons. The second-order valence-corrected chi connectivity index (χ2v) is 21.8. The molecule has 1 amide bonds. The van der Waals surface area contributed by atoms with E-state index in [1.54, 1.807) is 6.08 Å². The van der Waals surface area contributed by atoms with E-state index < -0.39 is 49.5 Å². The molecule has 1 fully saturated rings. The zero-order valence-corrected chi connectivity index (χ0v) is 47.2. The van der Waals surface area contributed by atoms with Crippen LogP contribution < -0.4 is 5.32 Å². The van der Waals surface area contributed by atoms with E-state index in [0.29, 0.717) is 6.42 Å². The predicted octanol–water partition coefficient (Wildman–Crippen LogP) is 15.9. The number of aliphatic hydroxyl groups is 5. The summed E-state index contributed by atoms with van der Waals surface area (Å²) in [6, 6.07) is -0.826. The Morgan fingerprint density at radius 2 is 0.792 bits per heavy atom. The lowest BCUT2D eigenvalue weighted by molar-refractivity contribution is -0.302. The van der Waals surface area contributed by atoms with Crippen molar-refractivity contribution < 1.29 is 39.8 Å². The third kappa shape index (κ3) is 41.6. The molecule has 1 saturated heterocycles. The summed E-state index contributed by atoms with van der Waals surface area (Å²) in [5.74, 6) is -0.192. The van der Waals surface area contributed by atoms with Crippen molar-refractivity contribution in [1.82, 2.24) is 5.32 Å². The van der Waals surface area contributed by atoms with Gasteiger partial charge in [0, 0.05) is 6.42 Å². The van der Waals surface area contributed by atoms with Gasteiger partial charge in [-0.05, 0) is 57.8 Å². The normalized spacial score (nSPS) is 19.3. The summed E-state index contributed by atoms with van der Waals surface area (Å²) in [5.41, 5.74) is 0. The molecule has 1 aliphatic rings. The molecule has 0 radical (unpaired) electrons. The van der Waals surface area contributed by atoms with Crippen molar-refractivity contribution in [1.29, 1.82) is 0 Å². The topological polar surface area (TPSA) is 149 Å². The minimum Gasteiger partial charge on any atom is -0.394 e. The summed E-state index contributed by atoms with van der Waals surface area (Å²) in [6.45, 7) is 3.78. The summed E-state index contributed by atoms with van der Waals surface area (Å²) in [5, 5.41) is 54.5. The van der Waals surface area contributed by atoms with Crippen LogP contribution >= 0.6 is 0 Å². The number of allylic oxidation sites excluding steroid dienone is 5. The first-order valence-electron chi connectivity index (χ1n) is 31.2. The lowest BCUT2D eigenvalue weighted by atomic mass is 9.99. The molecule has 72 heavy (non-hydrogen) atoms. The molecule has 0 aromatic heterocycles. The van der Waals surface area contributed by atoms with E-state index in [4.69, 9.17) is 9.47 Å². The fourth-order valence-corrected chi connectivity index (χ4v) is 9.99. The standard InChI is InChI=1S/C63H119NO8/c1-3-5-7-9-11-13-15-17-19-21-22-23-24-25-26-27-28-29-30-31-32-33-34-35-36-37-38-40-42-44-46-48-50-52-57(66)56(55-71-63-62(70)61(69)60(68)58(54-65)72-63)64-59(67)53-51-49-47-45-43-41-39-20-18-16-14-12-10-8-6-4-2/h20,39,42,44,50,52,56-58,60-63,65-66,68-70H,3-19,21-38,40-41,43,45-49,51,53-55H2,1-2H3,(H,64,67)/b39-20-,44-42+,52-50+. The van der Waals surface area contributed by atoms with Crippen molar-refractivity contribution in [2.24, 2.45) is 0 Å². The van der Waals surface area contributed by atoms with Gasteiger partial charge in [-0.1, -0.05) is 275 Å². The van der Waals surface area contributed by atoms with Gasteiger partial charge in [-0.25, -0.2) is 0 Å². The molecule has 0 aromatic carbocycles. The molecule has 7 atom stereocenters. The number of nitrogens with one attached hydrogen (secondary N) is 1. The van der Waals surface area contributed by atoms with E-state index in [9.17, 15) is 30.3 Å². The predicted molar refractivity (Wildman–Crippen MR) is 304 cm³/mol. The zero-order chi connectivity index (χ0) is 52.2. The lowest BCUT2D eigenvalue weighted by Gasteiger charge is -2.40. The van der Waals surface area contributed by atoms with Gasteiger partial charge in [0.25, 0.3) is 0 Å². The van der Waals surface area contributed by atoms with Gasteiger partial charge in [0.05, 0.1) is 25.4 Å². The van der Waals surface area contributed by atoms with Gasteiger partial charge in [0.15, 0.2) is 6.29 Å². The molecule has 1 aliphatic heterocycles. The van der Waals surface area contributed by atoms with Crippen LogP contribution in [0.15, 0.2) is 36.5 Å². The molecular formula is C63H119NO8. The van der Waals surface area contributed by atoms with Crippen LogP contribution in [-0.4, -0.2) is 87.5 Å². The first kappa shape index (κ1) is 68.4. The molecule has 6 N–H and O–H groups in total. The molecule has 0 spiro atoms. The molecular weight excluding hydrogens is 899 g/mol. The summed E-state index contributed by atoms with van der Waals surface area (Å²) in [7, 11) is 0. The van der Waals surface area contributed by atoms with E-state index in [0.717, 1.165) is 57.8 Å². The van der Waals surface area contributed by atoms with Crippen LogP contribution in [0, 0.1) is 0 Å². The highest BCUT2D eigenvalue weighted by Crippen LogP contribution is 2.23. The summed E-state index contributed by atoms with van der Waals surface area (Å²) in [4.78, 5) is 13.0. The highest BCUT2D eigenvalue weighted by molar-refractivity contribution is 5.76. The number of rotatable bonds is 54. The summed E-state index contributed by atoms with van der Waals surface area (Å²) >= 11 is 0. The van der Waals surface area contributed by atoms with Crippen molar-refractivity contribution in [3.63, 3.8) is 0 Å². The number of unbranched alkanes of at least 4 members (excludes halogenated alkanes) is 40. The maximum absolute atomic E-state index is 13.0. The van der Waals surface area contributed by atoms with Gasteiger partial charge in [0.2, 0.25) is 5.91 Å². The second-order valence-electron chi connectivity index (χ2n) is 21.8. The Morgan fingerprint density at radius 3 is 1.17 bits per heavy atom. The maximum atomic E-state index is 13.0. The monoisotopic (exact) mass is 1020 g/mol. The smallest absolute Gasteiger partial charge is 0.220 e. The average molecular weight is 1020 g/mol. The fraction of sp³-hybridized carbons (Fsp3) is 0.889. The minimum absolute atomic E-state index is 0.192. The van der Waals surface area contributed by atoms with Crippen molar-refractivity contribution in [3.8, 4) is 0 Å². The van der Waals surface area contributed by atoms with Gasteiger partial charge in [-0.15, -0.1) is 0 Å². The van der Waals surface area contributed by atoms with Crippen molar-refractivity contribution >= 4 is 5.91 Å². The third-order valence-corrected chi connectivity index (χ3v) is 14.9. The second kappa shape index (κ2) is 52.8. The Labute approximate surface area is 444 Å². The minimum atomic E-state index is -1.57. The number of hydrogen-bond acceptors (Lipinski definition) is 8. The lowest BCUT2D eigenvalue weighted by Crippen LogP contribution is -2.60. The Bertz CT molecular complexity index is 1230. The van der Waals surface area contributed by atoms with Gasteiger partial charge >= 0.3 is 0 Å². The number of carbonyl (C=O) groups is 1. The molecule has 1 heterocycles. The van der Waals surface area contributed by atoms with Crippen LogP contribution in [0.1, 0.15) is 303 Å². The van der Waals surface area contributed by atoms with Gasteiger partial charge in [-0.3, -0.25) is 4.79 Å². The molecule has 0 aliphatic carbocycles. The number of ether oxygens (including phenoxy) is 2. The molecule has 9 heteroatoms. The van der Waals surface area contributed by atoms with E-state index in [2.05, 4.69) is 43.5 Å². The number of hydrogen-bond donors (Lipinski definition) is 6. The number of carbonyl (C=O) groups excluding carboxylic acids is 1. The van der Waals surface area contributed by atoms with Crippen LogP contribution in [-0.2, 0) is 14.3 Å². The molecule has 7 unspecified atom stereocenters. The highest BCUT2D eigenvalue weighted by Gasteiger charge is 2.44. The van der Waals surface area contributed by atoms with E-state index >= 15 is 0 Å². The summed E-state index contributed by atoms with van der Waals surface area (Å²) in [6.07, 6.45) is 62.4. The van der Waals surface area contributed by atoms with Crippen molar-refractivity contribution in [2.75, 3.05) is 13.2 Å². The first-order valence-corrected chi connectivity index (χ1v) is 31.2. The Morgan fingerprint density at radius 1 is 0.458 bits per heavy atom. The fourth-order valence-electron chi connectivity index (χ4n) is 9.99. The van der Waals surface area contributed by atoms with E-state index in [1.165, 1.54) is 225 Å². The number of amides is 1. The van der Waals surface area contributed by atoms with Gasteiger partial charge in [0.1, 0.15) is 24.4 Å². The average Bonchev–Trinajstić information content (AvgIpc) is 3.38. The van der Waals surface area contributed by atoms with Crippen LogP contribution in [0.25, 0.3) is 0 Å². The third-order valence-electron chi connectivity index (χ3n) is 14.9. The maximum Gasteiger partial charge on any atom is 0.220 e. The van der Waals surface area contributed by atoms with Crippen LogP contribution in [0.2, 0.25) is 0 Å². The molecule has 0 saturated carbocycles. The van der Waals surface area contributed by atoms with E-state index in [-0.39, 0.29) is 12.5 Å². The zero-order valence-electron chi connectivity index (χ0n) is 47.2. The largest absolute Gasteiger partial charge is 0.394 e. The molecule has 0 aromatic rings. The highest BCUT2D eigenvalue weighted by atomic mass is 16.7. The Hall–Kier alpha value is -1.59. The van der Waals surface area contributed by atoms with Crippen LogP contribution in [0.3, 0.4) is 0 Å².